The number of ether oxygens (including phenoxy) is 1. The van der Waals surface area contributed by atoms with E-state index in [1.807, 2.05) is 29.2 Å². The zero-order valence-corrected chi connectivity index (χ0v) is 19.2. The molecular formula is C25H31F3N4O2. The van der Waals surface area contributed by atoms with Gasteiger partial charge in [-0.15, -0.1) is 0 Å². The Morgan fingerprint density at radius 1 is 0.912 bits per heavy atom. The Morgan fingerprint density at radius 3 is 2.38 bits per heavy atom. The Morgan fingerprint density at radius 2 is 1.65 bits per heavy atom. The predicted molar refractivity (Wildman–Crippen MR) is 127 cm³/mol. The van der Waals surface area contributed by atoms with E-state index in [1.54, 1.807) is 6.07 Å². The van der Waals surface area contributed by atoms with Gasteiger partial charge in [0.1, 0.15) is 0 Å². The van der Waals surface area contributed by atoms with Crippen LogP contribution in [0.15, 0.2) is 48.5 Å². The van der Waals surface area contributed by atoms with E-state index in [2.05, 4.69) is 15.1 Å². The molecule has 2 aromatic rings. The van der Waals surface area contributed by atoms with Crippen LogP contribution >= 0.6 is 0 Å². The molecule has 2 aliphatic rings. The molecule has 0 atom stereocenters. The summed E-state index contributed by atoms with van der Waals surface area (Å²) in [6.45, 7) is 7.21. The SMILES string of the molecule is O=C(NCCCN1CCN(c2cccc(C(F)(F)F)c2)CC1)c1ccccc1N1CCOCC1. The van der Waals surface area contributed by atoms with E-state index in [1.165, 1.54) is 12.1 Å². The summed E-state index contributed by atoms with van der Waals surface area (Å²) < 4.78 is 44.4. The molecule has 0 unspecified atom stereocenters. The van der Waals surface area contributed by atoms with Crippen molar-refractivity contribution in [3.05, 3.63) is 59.7 Å². The molecule has 34 heavy (non-hydrogen) atoms. The molecule has 0 radical (unpaired) electrons. The van der Waals surface area contributed by atoms with Gasteiger partial charge in [-0.1, -0.05) is 18.2 Å². The second kappa shape index (κ2) is 11.1. The highest BCUT2D eigenvalue weighted by atomic mass is 19.4. The summed E-state index contributed by atoms with van der Waals surface area (Å²) >= 11 is 0. The number of halogens is 3. The third kappa shape index (κ3) is 6.21. The van der Waals surface area contributed by atoms with Crippen molar-refractivity contribution in [3.63, 3.8) is 0 Å². The summed E-state index contributed by atoms with van der Waals surface area (Å²) in [5.74, 6) is -0.0727. The molecule has 6 nitrogen and oxygen atoms in total. The standard InChI is InChI=1S/C25H31F3N4O2/c26-25(27,28)20-5-3-6-21(19-20)31-13-11-30(12-14-31)10-4-9-29-24(33)22-7-1-2-8-23(22)32-15-17-34-18-16-32/h1-3,5-8,19H,4,9-18H2,(H,29,33). The van der Waals surface area contributed by atoms with Crippen molar-refractivity contribution in [2.45, 2.75) is 12.6 Å². The summed E-state index contributed by atoms with van der Waals surface area (Å²) in [6, 6.07) is 13.2. The van der Waals surface area contributed by atoms with Crippen LogP contribution in [0.5, 0.6) is 0 Å². The van der Waals surface area contributed by atoms with Crippen molar-refractivity contribution in [1.29, 1.82) is 0 Å². The number of hydrogen-bond acceptors (Lipinski definition) is 5. The minimum absolute atomic E-state index is 0.0727. The molecule has 2 fully saturated rings. The molecule has 2 aliphatic heterocycles. The van der Waals surface area contributed by atoms with Crippen LogP contribution in [0.3, 0.4) is 0 Å². The van der Waals surface area contributed by atoms with Gasteiger partial charge in [0.15, 0.2) is 0 Å². The number of carbonyl (C=O) groups is 1. The fourth-order valence-electron chi connectivity index (χ4n) is 4.45. The Labute approximate surface area is 198 Å². The van der Waals surface area contributed by atoms with E-state index in [0.29, 0.717) is 44.1 Å². The van der Waals surface area contributed by atoms with E-state index < -0.39 is 11.7 Å². The highest BCUT2D eigenvalue weighted by Crippen LogP contribution is 2.32. The number of nitrogens with zero attached hydrogens (tertiary/aromatic N) is 3. The number of nitrogens with one attached hydrogen (secondary N) is 1. The number of alkyl halides is 3. The van der Waals surface area contributed by atoms with E-state index in [9.17, 15) is 18.0 Å². The topological polar surface area (TPSA) is 48.1 Å². The van der Waals surface area contributed by atoms with Gasteiger partial charge in [-0.3, -0.25) is 9.69 Å². The van der Waals surface area contributed by atoms with Crippen molar-refractivity contribution in [3.8, 4) is 0 Å². The fourth-order valence-corrected chi connectivity index (χ4v) is 4.45. The number of benzene rings is 2. The number of hydrogen-bond donors (Lipinski definition) is 1. The van der Waals surface area contributed by atoms with Crippen LogP contribution in [0.4, 0.5) is 24.5 Å². The summed E-state index contributed by atoms with van der Waals surface area (Å²) in [5, 5.41) is 3.03. The lowest BCUT2D eigenvalue weighted by molar-refractivity contribution is -0.137. The molecule has 184 valence electrons. The minimum atomic E-state index is -4.33. The van der Waals surface area contributed by atoms with Crippen LogP contribution in [0, 0.1) is 0 Å². The summed E-state index contributed by atoms with van der Waals surface area (Å²) in [4.78, 5) is 19.3. The normalized spacial score (nSPS) is 17.6. The van der Waals surface area contributed by atoms with Gasteiger partial charge in [-0.2, -0.15) is 13.2 Å². The van der Waals surface area contributed by atoms with E-state index >= 15 is 0 Å². The van der Waals surface area contributed by atoms with Crippen LogP contribution in [-0.2, 0) is 10.9 Å². The van der Waals surface area contributed by atoms with Gasteiger partial charge in [0.25, 0.3) is 5.91 Å². The number of piperazine rings is 1. The molecule has 2 saturated heterocycles. The van der Waals surface area contributed by atoms with Gasteiger partial charge < -0.3 is 19.9 Å². The Bertz CT molecular complexity index is 955. The maximum atomic E-state index is 13.0. The van der Waals surface area contributed by atoms with Crippen LogP contribution in [0.2, 0.25) is 0 Å². The van der Waals surface area contributed by atoms with Crippen LogP contribution in [0.25, 0.3) is 0 Å². The molecule has 4 rings (SSSR count). The van der Waals surface area contributed by atoms with Gasteiger partial charge in [0.05, 0.1) is 24.3 Å². The zero-order chi connectivity index (χ0) is 24.0. The van der Waals surface area contributed by atoms with Crippen LogP contribution < -0.4 is 15.1 Å². The second-order valence-corrected chi connectivity index (χ2v) is 8.60. The summed E-state index contributed by atoms with van der Waals surface area (Å²) in [7, 11) is 0. The van der Waals surface area contributed by atoms with E-state index in [0.717, 1.165) is 50.9 Å². The average molecular weight is 477 g/mol. The van der Waals surface area contributed by atoms with Gasteiger partial charge in [-0.05, 0) is 43.3 Å². The first-order chi connectivity index (χ1) is 16.4. The molecule has 2 aromatic carbocycles. The smallest absolute Gasteiger partial charge is 0.378 e. The largest absolute Gasteiger partial charge is 0.416 e. The number of amides is 1. The monoisotopic (exact) mass is 476 g/mol. The minimum Gasteiger partial charge on any atom is -0.378 e. The Kier molecular flexibility index (Phi) is 7.95. The van der Waals surface area contributed by atoms with Crippen LogP contribution in [0.1, 0.15) is 22.3 Å². The van der Waals surface area contributed by atoms with Gasteiger partial charge in [-0.25, -0.2) is 0 Å². The molecule has 1 amide bonds. The van der Waals surface area contributed by atoms with Gasteiger partial charge in [0.2, 0.25) is 0 Å². The van der Waals surface area contributed by atoms with Crippen molar-refractivity contribution in [1.82, 2.24) is 10.2 Å². The first kappa shape index (κ1) is 24.3. The third-order valence-electron chi connectivity index (χ3n) is 6.35. The molecule has 0 aromatic heterocycles. The summed E-state index contributed by atoms with van der Waals surface area (Å²) in [6.07, 6.45) is -3.51. The summed E-state index contributed by atoms with van der Waals surface area (Å²) in [5.41, 5.74) is 1.62. The lowest BCUT2D eigenvalue weighted by atomic mass is 10.1. The number of rotatable bonds is 7. The molecule has 1 N–H and O–H groups in total. The first-order valence-corrected chi connectivity index (χ1v) is 11.8. The fraction of sp³-hybridized carbons (Fsp3) is 0.480. The highest BCUT2D eigenvalue weighted by Gasteiger charge is 2.31. The van der Waals surface area contributed by atoms with Crippen molar-refractivity contribution in [2.24, 2.45) is 0 Å². The average Bonchev–Trinajstić information content (AvgIpc) is 2.87. The zero-order valence-electron chi connectivity index (χ0n) is 19.2. The lowest BCUT2D eigenvalue weighted by Crippen LogP contribution is -2.47. The molecular weight excluding hydrogens is 445 g/mol. The van der Waals surface area contributed by atoms with E-state index in [4.69, 9.17) is 4.74 Å². The molecule has 0 spiro atoms. The number of morpholine rings is 1. The number of anilines is 2. The predicted octanol–water partition coefficient (Wildman–Crippen LogP) is 3.48. The maximum absolute atomic E-state index is 13.0. The second-order valence-electron chi connectivity index (χ2n) is 8.60. The quantitative estimate of drug-likeness (QED) is 0.620. The molecule has 2 heterocycles. The lowest BCUT2D eigenvalue weighted by Gasteiger charge is -2.36. The molecule has 9 heteroatoms. The third-order valence-corrected chi connectivity index (χ3v) is 6.35. The Hall–Kier alpha value is -2.78. The number of carbonyl (C=O) groups excluding carboxylic acids is 1. The molecule has 0 saturated carbocycles. The molecule has 0 aliphatic carbocycles. The maximum Gasteiger partial charge on any atom is 0.416 e. The highest BCUT2D eigenvalue weighted by molar-refractivity contribution is 5.99. The van der Waals surface area contributed by atoms with Crippen molar-refractivity contribution in [2.75, 3.05) is 75.4 Å². The van der Waals surface area contributed by atoms with Gasteiger partial charge >= 0.3 is 6.18 Å². The van der Waals surface area contributed by atoms with E-state index in [-0.39, 0.29) is 5.91 Å². The van der Waals surface area contributed by atoms with Crippen LogP contribution in [-0.4, -0.2) is 76.4 Å². The van der Waals surface area contributed by atoms with Crippen molar-refractivity contribution < 1.29 is 22.7 Å². The Balaban J connectivity index is 1.21. The van der Waals surface area contributed by atoms with Crippen molar-refractivity contribution >= 4 is 17.3 Å². The number of para-hydroxylation sites is 1. The molecule has 0 bridgehead atoms. The first-order valence-electron chi connectivity index (χ1n) is 11.8. The van der Waals surface area contributed by atoms with Gasteiger partial charge in [0, 0.05) is 57.2 Å².